The number of nitrogens with zero attached hydrogens (tertiary/aromatic N) is 2. The highest BCUT2D eigenvalue weighted by molar-refractivity contribution is 7.10. The Hall–Kier alpha value is -2.34. The third kappa shape index (κ3) is 3.14. The first-order chi connectivity index (χ1) is 11.8. The summed E-state index contributed by atoms with van der Waals surface area (Å²) in [4.78, 5) is 23.5. The van der Waals surface area contributed by atoms with Gasteiger partial charge in [-0.1, -0.05) is 12.1 Å². The molecule has 0 spiro atoms. The lowest BCUT2D eigenvalue weighted by atomic mass is 10.1. The van der Waals surface area contributed by atoms with Gasteiger partial charge >= 0.3 is 6.03 Å². The van der Waals surface area contributed by atoms with Crippen LogP contribution in [-0.4, -0.2) is 34.0 Å². The van der Waals surface area contributed by atoms with E-state index in [1.807, 2.05) is 29.2 Å². The number of rotatable bonds is 4. The monoisotopic (exact) mass is 340 g/mol. The van der Waals surface area contributed by atoms with Crippen LogP contribution in [-0.2, 0) is 19.4 Å². The van der Waals surface area contributed by atoms with Gasteiger partial charge in [0.15, 0.2) is 0 Å². The Kier molecular flexibility index (Phi) is 4.21. The van der Waals surface area contributed by atoms with Crippen LogP contribution in [0.5, 0.6) is 0 Å². The van der Waals surface area contributed by atoms with Crippen molar-refractivity contribution in [3.8, 4) is 0 Å². The maximum atomic E-state index is 12.3. The number of carbonyl (C=O) groups excluding carboxylic acids is 1. The average Bonchev–Trinajstić information content (AvgIpc) is 3.23. The molecule has 0 saturated carbocycles. The van der Waals surface area contributed by atoms with E-state index >= 15 is 0 Å². The van der Waals surface area contributed by atoms with E-state index in [2.05, 4.69) is 26.7 Å². The van der Waals surface area contributed by atoms with Crippen molar-refractivity contribution in [1.29, 1.82) is 0 Å². The van der Waals surface area contributed by atoms with Crippen LogP contribution in [0.25, 0.3) is 11.0 Å². The second-order valence-corrected chi connectivity index (χ2v) is 7.08. The predicted molar refractivity (Wildman–Crippen MR) is 96.2 cm³/mol. The minimum atomic E-state index is 0.0384. The molecule has 3 heterocycles. The SMILES string of the molecule is O=C(NCCCc1nc2ccccc2[nH]1)N1CCc2sccc2C1. The highest BCUT2D eigenvalue weighted by Gasteiger charge is 2.20. The number of imidazole rings is 1. The number of aromatic amines is 1. The van der Waals surface area contributed by atoms with Crippen molar-refractivity contribution in [2.75, 3.05) is 13.1 Å². The number of nitrogens with one attached hydrogen (secondary N) is 2. The molecule has 0 unspecified atom stereocenters. The predicted octanol–water partition coefficient (Wildman–Crippen LogP) is 3.32. The van der Waals surface area contributed by atoms with E-state index in [0.29, 0.717) is 6.54 Å². The van der Waals surface area contributed by atoms with Crippen molar-refractivity contribution < 1.29 is 4.79 Å². The van der Waals surface area contributed by atoms with Gasteiger partial charge in [-0.3, -0.25) is 0 Å². The second-order valence-electron chi connectivity index (χ2n) is 6.08. The van der Waals surface area contributed by atoms with Crippen LogP contribution in [0, 0.1) is 0 Å². The Morgan fingerprint density at radius 3 is 3.17 bits per heavy atom. The molecule has 124 valence electrons. The Morgan fingerprint density at radius 2 is 2.25 bits per heavy atom. The third-order valence-corrected chi connectivity index (χ3v) is 5.42. The first-order valence-electron chi connectivity index (χ1n) is 8.31. The first kappa shape index (κ1) is 15.2. The number of H-pyrrole nitrogens is 1. The lowest BCUT2D eigenvalue weighted by molar-refractivity contribution is 0.192. The zero-order valence-corrected chi connectivity index (χ0v) is 14.2. The number of para-hydroxylation sites is 2. The van der Waals surface area contributed by atoms with Crippen LogP contribution in [0.1, 0.15) is 22.7 Å². The average molecular weight is 340 g/mol. The third-order valence-electron chi connectivity index (χ3n) is 4.40. The van der Waals surface area contributed by atoms with Crippen molar-refractivity contribution in [3.63, 3.8) is 0 Å². The summed E-state index contributed by atoms with van der Waals surface area (Å²) in [6, 6.07) is 10.2. The maximum Gasteiger partial charge on any atom is 0.317 e. The number of fused-ring (bicyclic) bond motifs is 2. The molecule has 0 bridgehead atoms. The molecule has 0 fully saturated rings. The van der Waals surface area contributed by atoms with Crippen molar-refractivity contribution in [2.45, 2.75) is 25.8 Å². The quantitative estimate of drug-likeness (QED) is 0.716. The molecular formula is C18H20N4OS. The van der Waals surface area contributed by atoms with Gasteiger partial charge in [0.25, 0.3) is 0 Å². The number of hydrogen-bond donors (Lipinski definition) is 2. The Bertz CT molecular complexity index is 820. The Labute approximate surface area is 144 Å². The van der Waals surface area contributed by atoms with Crippen molar-refractivity contribution in [2.24, 2.45) is 0 Å². The van der Waals surface area contributed by atoms with Crippen LogP contribution in [0.15, 0.2) is 35.7 Å². The molecule has 3 aromatic rings. The molecule has 0 radical (unpaired) electrons. The van der Waals surface area contributed by atoms with Crippen molar-refractivity contribution in [1.82, 2.24) is 20.2 Å². The molecule has 0 saturated heterocycles. The number of aromatic nitrogens is 2. The molecule has 2 aromatic heterocycles. The zero-order valence-electron chi connectivity index (χ0n) is 13.4. The minimum Gasteiger partial charge on any atom is -0.342 e. The van der Waals surface area contributed by atoms with Crippen LogP contribution < -0.4 is 5.32 Å². The lowest BCUT2D eigenvalue weighted by Crippen LogP contribution is -2.42. The van der Waals surface area contributed by atoms with E-state index in [-0.39, 0.29) is 6.03 Å². The number of thiophene rings is 1. The van der Waals surface area contributed by atoms with Gasteiger partial charge in [0.1, 0.15) is 5.82 Å². The van der Waals surface area contributed by atoms with E-state index in [9.17, 15) is 4.79 Å². The summed E-state index contributed by atoms with van der Waals surface area (Å²) in [5, 5.41) is 5.14. The summed E-state index contributed by atoms with van der Waals surface area (Å²) in [6.45, 7) is 2.21. The molecule has 6 heteroatoms. The summed E-state index contributed by atoms with van der Waals surface area (Å²) < 4.78 is 0. The molecule has 4 rings (SSSR count). The lowest BCUT2D eigenvalue weighted by Gasteiger charge is -2.27. The number of aryl methyl sites for hydroxylation is 1. The molecule has 5 nitrogen and oxygen atoms in total. The summed E-state index contributed by atoms with van der Waals surface area (Å²) in [5.41, 5.74) is 3.36. The number of amides is 2. The van der Waals surface area contributed by atoms with Gasteiger partial charge in [-0.05, 0) is 42.0 Å². The van der Waals surface area contributed by atoms with Gasteiger partial charge in [0.05, 0.1) is 11.0 Å². The van der Waals surface area contributed by atoms with E-state index < -0.39 is 0 Å². The summed E-state index contributed by atoms with van der Waals surface area (Å²) in [5.74, 6) is 0.978. The summed E-state index contributed by atoms with van der Waals surface area (Å²) >= 11 is 1.79. The second kappa shape index (κ2) is 6.65. The van der Waals surface area contributed by atoms with E-state index in [1.165, 1.54) is 10.4 Å². The molecule has 24 heavy (non-hydrogen) atoms. The number of carbonyl (C=O) groups is 1. The Balaban J connectivity index is 1.24. The fourth-order valence-corrected chi connectivity index (χ4v) is 4.00. The number of urea groups is 1. The van der Waals surface area contributed by atoms with E-state index in [4.69, 9.17) is 0 Å². The first-order valence-corrected chi connectivity index (χ1v) is 9.19. The van der Waals surface area contributed by atoms with Crippen molar-refractivity contribution in [3.05, 3.63) is 52.0 Å². The summed E-state index contributed by atoms with van der Waals surface area (Å²) in [6.07, 6.45) is 2.69. The Morgan fingerprint density at radius 1 is 1.33 bits per heavy atom. The molecule has 2 amide bonds. The fraction of sp³-hybridized carbons (Fsp3) is 0.333. The van der Waals surface area contributed by atoms with E-state index in [0.717, 1.165) is 49.2 Å². The molecule has 1 aliphatic heterocycles. The van der Waals surface area contributed by atoms with Crippen LogP contribution in [0.2, 0.25) is 0 Å². The molecular weight excluding hydrogens is 320 g/mol. The van der Waals surface area contributed by atoms with Crippen molar-refractivity contribution >= 4 is 28.4 Å². The van der Waals surface area contributed by atoms with Gasteiger partial charge in [0.2, 0.25) is 0 Å². The normalized spacial score (nSPS) is 13.9. The van der Waals surface area contributed by atoms with Gasteiger partial charge in [0, 0.05) is 30.9 Å². The van der Waals surface area contributed by atoms with Gasteiger partial charge in [-0.15, -0.1) is 11.3 Å². The largest absolute Gasteiger partial charge is 0.342 e. The molecule has 2 N–H and O–H groups in total. The van der Waals surface area contributed by atoms with Gasteiger partial charge in [-0.2, -0.15) is 0 Å². The topological polar surface area (TPSA) is 61.0 Å². The molecule has 1 aliphatic rings. The minimum absolute atomic E-state index is 0.0384. The molecule has 1 aromatic carbocycles. The zero-order chi connectivity index (χ0) is 16.4. The molecule has 0 atom stereocenters. The van der Waals surface area contributed by atoms with Crippen LogP contribution in [0.3, 0.4) is 0 Å². The van der Waals surface area contributed by atoms with Crippen LogP contribution >= 0.6 is 11.3 Å². The number of hydrogen-bond acceptors (Lipinski definition) is 3. The van der Waals surface area contributed by atoms with Gasteiger partial charge in [-0.25, -0.2) is 9.78 Å². The smallest absolute Gasteiger partial charge is 0.317 e. The molecule has 0 aliphatic carbocycles. The highest BCUT2D eigenvalue weighted by Crippen LogP contribution is 2.23. The number of benzene rings is 1. The highest BCUT2D eigenvalue weighted by atomic mass is 32.1. The summed E-state index contributed by atoms with van der Waals surface area (Å²) in [7, 11) is 0. The fourth-order valence-electron chi connectivity index (χ4n) is 3.11. The van der Waals surface area contributed by atoms with E-state index in [1.54, 1.807) is 11.3 Å². The van der Waals surface area contributed by atoms with Gasteiger partial charge < -0.3 is 15.2 Å². The maximum absolute atomic E-state index is 12.3. The van der Waals surface area contributed by atoms with Crippen LogP contribution in [0.4, 0.5) is 4.79 Å². The standard InChI is InChI=1S/C18H20N4OS/c23-18(22-10-7-16-13(12-22)8-11-24-16)19-9-3-6-17-20-14-4-1-2-5-15(14)21-17/h1-2,4-5,8,11H,3,6-7,9-10,12H2,(H,19,23)(H,20,21).